The van der Waals surface area contributed by atoms with E-state index in [1.54, 1.807) is 13.0 Å². The van der Waals surface area contributed by atoms with Crippen molar-refractivity contribution in [3.05, 3.63) is 29.6 Å². The van der Waals surface area contributed by atoms with Crippen LogP contribution in [0.1, 0.15) is 24.8 Å². The summed E-state index contributed by atoms with van der Waals surface area (Å²) >= 11 is 0. The number of hydrogen-bond acceptors (Lipinski definition) is 3. The van der Waals surface area contributed by atoms with Crippen molar-refractivity contribution < 1.29 is 22.7 Å². The summed E-state index contributed by atoms with van der Waals surface area (Å²) in [4.78, 5) is 10.9. The molecule has 0 spiro atoms. The molecular weight excluding hydrogens is 297 g/mol. The minimum Gasteiger partial charge on any atom is -0.481 e. The zero-order valence-electron chi connectivity index (χ0n) is 11.5. The van der Waals surface area contributed by atoms with Crippen molar-refractivity contribution in [3.63, 3.8) is 0 Å². The van der Waals surface area contributed by atoms with E-state index in [0.29, 0.717) is 24.8 Å². The van der Waals surface area contributed by atoms with Crippen molar-refractivity contribution >= 4 is 16.0 Å². The van der Waals surface area contributed by atoms with Crippen molar-refractivity contribution in [1.82, 2.24) is 4.31 Å². The summed E-state index contributed by atoms with van der Waals surface area (Å²) < 4.78 is 40.6. The average Bonchev–Trinajstić information content (AvgIpc) is 2.96. The molecule has 0 amide bonds. The van der Waals surface area contributed by atoms with Gasteiger partial charge in [0.15, 0.2) is 0 Å². The Morgan fingerprint density at radius 3 is 2.67 bits per heavy atom. The van der Waals surface area contributed by atoms with E-state index in [1.807, 2.05) is 0 Å². The third kappa shape index (κ3) is 2.15. The number of fused-ring (bicyclic) bond motifs is 2. The summed E-state index contributed by atoms with van der Waals surface area (Å²) in [7, 11) is -3.99. The Bertz CT molecular complexity index is 703. The third-order valence-electron chi connectivity index (χ3n) is 4.43. The molecule has 0 radical (unpaired) electrons. The van der Waals surface area contributed by atoms with E-state index >= 15 is 0 Å². The first-order valence-electron chi connectivity index (χ1n) is 6.85. The average molecular weight is 313 g/mol. The van der Waals surface area contributed by atoms with Gasteiger partial charge in [0.2, 0.25) is 10.0 Å². The van der Waals surface area contributed by atoms with Crippen LogP contribution in [0.15, 0.2) is 23.1 Å². The van der Waals surface area contributed by atoms with Crippen LogP contribution in [0.2, 0.25) is 0 Å². The SMILES string of the molecule is Cc1ccc(S(=O)(=O)N2C3CCC2C(C(=O)O)C3)c(F)c1. The van der Waals surface area contributed by atoms with Gasteiger partial charge in [0.25, 0.3) is 0 Å². The van der Waals surface area contributed by atoms with E-state index in [2.05, 4.69) is 0 Å². The number of nitrogens with zero attached hydrogens (tertiary/aromatic N) is 1. The second-order valence-electron chi connectivity index (χ2n) is 5.75. The highest BCUT2D eigenvalue weighted by Crippen LogP contribution is 2.45. The summed E-state index contributed by atoms with van der Waals surface area (Å²) in [6, 6.07) is 3.09. The number of carboxylic acid groups (broad SMARTS) is 1. The molecule has 2 saturated heterocycles. The predicted octanol–water partition coefficient (Wildman–Crippen LogP) is 1.76. The standard InChI is InChI=1S/C14H16FNO4S/c1-8-2-5-13(11(15)6-8)21(19,20)16-9-3-4-12(16)10(7-9)14(17)18/h2,5-6,9-10,12H,3-4,7H2,1H3,(H,17,18). The highest BCUT2D eigenvalue weighted by atomic mass is 32.2. The van der Waals surface area contributed by atoms with Crippen LogP contribution in [0.5, 0.6) is 0 Å². The van der Waals surface area contributed by atoms with Crippen LogP contribution < -0.4 is 0 Å². The lowest BCUT2D eigenvalue weighted by atomic mass is 9.89. The fraction of sp³-hybridized carbons (Fsp3) is 0.500. The van der Waals surface area contributed by atoms with Gasteiger partial charge in [0, 0.05) is 12.1 Å². The fourth-order valence-electron chi connectivity index (χ4n) is 3.51. The summed E-state index contributed by atoms with van der Waals surface area (Å²) in [5.74, 6) is -2.45. The van der Waals surface area contributed by atoms with E-state index in [4.69, 9.17) is 0 Å². The third-order valence-corrected chi connectivity index (χ3v) is 6.44. The highest BCUT2D eigenvalue weighted by molar-refractivity contribution is 7.89. The largest absolute Gasteiger partial charge is 0.481 e. The Balaban J connectivity index is 2.02. The van der Waals surface area contributed by atoms with Crippen molar-refractivity contribution in [3.8, 4) is 0 Å². The van der Waals surface area contributed by atoms with Crippen molar-refractivity contribution in [1.29, 1.82) is 0 Å². The Morgan fingerprint density at radius 2 is 2.10 bits per heavy atom. The summed E-state index contributed by atoms with van der Waals surface area (Å²) in [6.45, 7) is 1.68. The van der Waals surface area contributed by atoms with E-state index < -0.39 is 33.8 Å². The number of rotatable bonds is 3. The number of halogens is 1. The fourth-order valence-corrected chi connectivity index (χ4v) is 5.47. The van der Waals surface area contributed by atoms with E-state index in [1.165, 1.54) is 16.4 Å². The van der Waals surface area contributed by atoms with Crippen LogP contribution in [0.25, 0.3) is 0 Å². The number of hydrogen-bond donors (Lipinski definition) is 1. The van der Waals surface area contributed by atoms with Gasteiger partial charge >= 0.3 is 5.97 Å². The maximum atomic E-state index is 14.0. The Labute approximate surface area is 122 Å². The van der Waals surface area contributed by atoms with Gasteiger partial charge in [-0.25, -0.2) is 12.8 Å². The monoisotopic (exact) mass is 313 g/mol. The highest BCUT2D eigenvalue weighted by Gasteiger charge is 2.54. The minimum absolute atomic E-state index is 0.312. The molecule has 21 heavy (non-hydrogen) atoms. The molecule has 5 nitrogen and oxygen atoms in total. The second-order valence-corrected chi connectivity index (χ2v) is 7.56. The van der Waals surface area contributed by atoms with E-state index in [-0.39, 0.29) is 10.9 Å². The Morgan fingerprint density at radius 1 is 1.38 bits per heavy atom. The molecule has 0 saturated carbocycles. The van der Waals surface area contributed by atoms with Crippen LogP contribution >= 0.6 is 0 Å². The maximum absolute atomic E-state index is 14.0. The van der Waals surface area contributed by atoms with Gasteiger partial charge in [-0.2, -0.15) is 4.31 Å². The maximum Gasteiger partial charge on any atom is 0.308 e. The molecule has 3 unspecified atom stereocenters. The van der Waals surface area contributed by atoms with Crippen molar-refractivity contribution in [2.24, 2.45) is 5.92 Å². The van der Waals surface area contributed by atoms with Crippen molar-refractivity contribution in [2.75, 3.05) is 0 Å². The second kappa shape index (κ2) is 4.78. The zero-order valence-corrected chi connectivity index (χ0v) is 12.3. The normalized spacial score (nSPS) is 29.0. The topological polar surface area (TPSA) is 74.7 Å². The molecule has 0 aromatic heterocycles. The molecule has 2 heterocycles. The van der Waals surface area contributed by atoms with Gasteiger partial charge < -0.3 is 5.11 Å². The predicted molar refractivity (Wildman–Crippen MR) is 72.7 cm³/mol. The number of carbonyl (C=O) groups is 1. The number of carboxylic acids is 1. The number of aliphatic carboxylic acids is 1. The van der Waals surface area contributed by atoms with Gasteiger partial charge in [-0.15, -0.1) is 0 Å². The molecule has 7 heteroatoms. The summed E-state index contributed by atoms with van der Waals surface area (Å²) in [6.07, 6.45) is 1.47. The smallest absolute Gasteiger partial charge is 0.308 e. The van der Waals surface area contributed by atoms with Crippen molar-refractivity contribution in [2.45, 2.75) is 43.2 Å². The first kappa shape index (κ1) is 14.5. The van der Waals surface area contributed by atoms with Crippen LogP contribution in [-0.4, -0.2) is 35.9 Å². The molecule has 2 aliphatic heterocycles. The first-order valence-corrected chi connectivity index (χ1v) is 8.29. The molecule has 2 fully saturated rings. The molecule has 2 bridgehead atoms. The zero-order chi connectivity index (χ0) is 15.4. The lowest BCUT2D eigenvalue weighted by Gasteiger charge is -2.22. The number of benzene rings is 1. The van der Waals surface area contributed by atoms with Gasteiger partial charge in [0.05, 0.1) is 5.92 Å². The molecule has 3 rings (SSSR count). The minimum atomic E-state index is -3.99. The Kier molecular flexibility index (Phi) is 3.29. The number of sulfonamides is 1. The molecule has 1 aromatic rings. The van der Waals surface area contributed by atoms with Gasteiger partial charge in [-0.1, -0.05) is 6.07 Å². The molecule has 1 aromatic carbocycles. The quantitative estimate of drug-likeness (QED) is 0.922. The van der Waals surface area contributed by atoms with Crippen LogP contribution in [-0.2, 0) is 14.8 Å². The molecule has 3 atom stereocenters. The van der Waals surface area contributed by atoms with Crippen LogP contribution in [0.3, 0.4) is 0 Å². The Hall–Kier alpha value is -1.47. The van der Waals surface area contributed by atoms with E-state index in [9.17, 15) is 22.7 Å². The number of aryl methyl sites for hydroxylation is 1. The van der Waals surface area contributed by atoms with Gasteiger partial charge in [0.1, 0.15) is 10.7 Å². The summed E-state index contributed by atoms with van der Waals surface area (Å²) in [5.41, 5.74) is 0.638. The molecule has 0 aliphatic carbocycles. The van der Waals surface area contributed by atoms with Gasteiger partial charge in [-0.3, -0.25) is 4.79 Å². The van der Waals surface area contributed by atoms with Gasteiger partial charge in [-0.05, 0) is 43.9 Å². The van der Waals surface area contributed by atoms with Crippen LogP contribution in [0.4, 0.5) is 4.39 Å². The molecule has 114 valence electrons. The molecule has 1 N–H and O–H groups in total. The first-order chi connectivity index (χ1) is 9.82. The molecular formula is C14H16FNO4S. The van der Waals surface area contributed by atoms with Crippen LogP contribution in [0, 0.1) is 18.7 Å². The van der Waals surface area contributed by atoms with E-state index in [0.717, 1.165) is 0 Å². The summed E-state index contributed by atoms with van der Waals surface area (Å²) in [5, 5.41) is 9.18. The lowest BCUT2D eigenvalue weighted by molar-refractivity contribution is -0.142. The molecule has 2 aliphatic rings. The lowest BCUT2D eigenvalue weighted by Crippen LogP contribution is -2.38.